The van der Waals surface area contributed by atoms with Gasteiger partial charge in [0.05, 0.1) is 13.5 Å². The highest BCUT2D eigenvalue weighted by Crippen LogP contribution is 2.17. The van der Waals surface area contributed by atoms with Gasteiger partial charge in [0.1, 0.15) is 0 Å². The van der Waals surface area contributed by atoms with Crippen LogP contribution in [-0.4, -0.2) is 13.1 Å². The molecule has 0 fully saturated rings. The first-order valence-corrected chi connectivity index (χ1v) is 7.46. The lowest BCUT2D eigenvalue weighted by Gasteiger charge is -2.03. The largest absolute Gasteiger partial charge is 0.469 e. The SMILES string of the molecule is COC(=O)Cc1ccc(CNCc2ccc(Cl)cc2)s1. The van der Waals surface area contributed by atoms with Crippen molar-refractivity contribution in [3.05, 3.63) is 56.7 Å². The summed E-state index contributed by atoms with van der Waals surface area (Å²) < 4.78 is 4.65. The molecule has 20 heavy (non-hydrogen) atoms. The molecule has 1 aromatic heterocycles. The van der Waals surface area contributed by atoms with Crippen LogP contribution in [0.4, 0.5) is 0 Å². The van der Waals surface area contributed by atoms with Crippen LogP contribution < -0.4 is 5.32 Å². The van der Waals surface area contributed by atoms with E-state index < -0.39 is 0 Å². The van der Waals surface area contributed by atoms with Gasteiger partial charge in [-0.1, -0.05) is 23.7 Å². The van der Waals surface area contributed by atoms with Gasteiger partial charge >= 0.3 is 5.97 Å². The van der Waals surface area contributed by atoms with E-state index in [2.05, 4.69) is 10.1 Å². The number of rotatable bonds is 6. The van der Waals surface area contributed by atoms with Gasteiger partial charge in [0.2, 0.25) is 0 Å². The molecule has 2 rings (SSSR count). The molecular weight excluding hydrogens is 294 g/mol. The first-order chi connectivity index (χ1) is 9.67. The Morgan fingerprint density at radius 3 is 2.55 bits per heavy atom. The molecule has 0 saturated carbocycles. The van der Waals surface area contributed by atoms with Crippen LogP contribution in [-0.2, 0) is 29.0 Å². The number of hydrogen-bond acceptors (Lipinski definition) is 4. The Morgan fingerprint density at radius 1 is 1.15 bits per heavy atom. The van der Waals surface area contributed by atoms with E-state index in [1.54, 1.807) is 11.3 Å². The van der Waals surface area contributed by atoms with E-state index in [1.165, 1.54) is 17.6 Å². The van der Waals surface area contributed by atoms with Gasteiger partial charge in [-0.2, -0.15) is 0 Å². The fourth-order valence-electron chi connectivity index (χ4n) is 1.76. The number of methoxy groups -OCH3 is 1. The Morgan fingerprint density at radius 2 is 1.85 bits per heavy atom. The number of benzene rings is 1. The predicted octanol–water partition coefficient (Wildman–Crippen LogP) is 3.41. The Labute approximate surface area is 127 Å². The topological polar surface area (TPSA) is 38.3 Å². The van der Waals surface area contributed by atoms with Crippen LogP contribution in [0.15, 0.2) is 36.4 Å². The van der Waals surface area contributed by atoms with Gasteiger partial charge in [0.15, 0.2) is 0 Å². The fraction of sp³-hybridized carbons (Fsp3) is 0.267. The van der Waals surface area contributed by atoms with Gasteiger partial charge in [-0.15, -0.1) is 11.3 Å². The molecule has 0 aliphatic rings. The van der Waals surface area contributed by atoms with Crippen molar-refractivity contribution in [3.63, 3.8) is 0 Å². The van der Waals surface area contributed by atoms with E-state index in [9.17, 15) is 4.79 Å². The molecule has 0 bridgehead atoms. The maximum Gasteiger partial charge on any atom is 0.310 e. The summed E-state index contributed by atoms with van der Waals surface area (Å²) in [5.41, 5.74) is 1.20. The number of hydrogen-bond donors (Lipinski definition) is 1. The molecule has 1 aromatic carbocycles. The zero-order chi connectivity index (χ0) is 14.4. The Kier molecular flexibility index (Phi) is 5.59. The quantitative estimate of drug-likeness (QED) is 0.831. The van der Waals surface area contributed by atoms with Crippen molar-refractivity contribution in [1.29, 1.82) is 0 Å². The van der Waals surface area contributed by atoms with E-state index in [-0.39, 0.29) is 5.97 Å². The molecule has 3 nitrogen and oxygen atoms in total. The van der Waals surface area contributed by atoms with Crippen LogP contribution in [0.1, 0.15) is 15.3 Å². The molecule has 0 aliphatic carbocycles. The average Bonchev–Trinajstić information content (AvgIpc) is 2.88. The number of carbonyl (C=O) groups is 1. The molecule has 0 spiro atoms. The van der Waals surface area contributed by atoms with Gasteiger partial charge in [-0.3, -0.25) is 4.79 Å². The lowest BCUT2D eigenvalue weighted by Crippen LogP contribution is -2.11. The Balaban J connectivity index is 1.79. The van der Waals surface area contributed by atoms with Crippen molar-refractivity contribution in [1.82, 2.24) is 5.32 Å². The highest BCUT2D eigenvalue weighted by Gasteiger charge is 2.06. The summed E-state index contributed by atoms with van der Waals surface area (Å²) in [6.07, 6.45) is 0.346. The Bertz CT molecular complexity index is 566. The summed E-state index contributed by atoms with van der Waals surface area (Å²) in [4.78, 5) is 13.4. The molecule has 0 atom stereocenters. The predicted molar refractivity (Wildman–Crippen MR) is 82.0 cm³/mol. The van der Waals surface area contributed by atoms with Crippen LogP contribution in [0.3, 0.4) is 0 Å². The summed E-state index contributed by atoms with van der Waals surface area (Å²) in [7, 11) is 1.41. The summed E-state index contributed by atoms with van der Waals surface area (Å²) in [6.45, 7) is 1.58. The zero-order valence-electron chi connectivity index (χ0n) is 11.2. The van der Waals surface area contributed by atoms with Crippen molar-refractivity contribution in [3.8, 4) is 0 Å². The molecule has 1 heterocycles. The first-order valence-electron chi connectivity index (χ1n) is 6.27. The Hall–Kier alpha value is -1.36. The molecular formula is C15H16ClNO2S. The molecule has 0 aliphatic heterocycles. The minimum atomic E-state index is -0.201. The molecule has 0 radical (unpaired) electrons. The minimum absolute atomic E-state index is 0.201. The monoisotopic (exact) mass is 309 g/mol. The smallest absolute Gasteiger partial charge is 0.310 e. The van der Waals surface area contributed by atoms with Crippen LogP contribution in [0.5, 0.6) is 0 Å². The molecule has 0 saturated heterocycles. The van der Waals surface area contributed by atoms with E-state index in [0.29, 0.717) is 6.42 Å². The van der Waals surface area contributed by atoms with Crippen molar-refractivity contribution in [2.24, 2.45) is 0 Å². The van der Waals surface area contributed by atoms with E-state index in [0.717, 1.165) is 23.0 Å². The minimum Gasteiger partial charge on any atom is -0.469 e. The highest BCUT2D eigenvalue weighted by atomic mass is 35.5. The second-order valence-corrected chi connectivity index (χ2v) is 6.04. The second kappa shape index (κ2) is 7.43. The van der Waals surface area contributed by atoms with Crippen molar-refractivity contribution in [2.75, 3.05) is 7.11 Å². The van der Waals surface area contributed by atoms with Crippen molar-refractivity contribution in [2.45, 2.75) is 19.5 Å². The van der Waals surface area contributed by atoms with Gasteiger partial charge in [-0.25, -0.2) is 0 Å². The lowest BCUT2D eigenvalue weighted by atomic mass is 10.2. The third-order valence-corrected chi connectivity index (χ3v) is 4.14. The number of thiophene rings is 1. The number of ether oxygens (including phenoxy) is 1. The molecule has 0 unspecified atom stereocenters. The van der Waals surface area contributed by atoms with Gasteiger partial charge in [0, 0.05) is 27.9 Å². The molecule has 5 heteroatoms. The van der Waals surface area contributed by atoms with Gasteiger partial charge in [0.25, 0.3) is 0 Å². The fourth-order valence-corrected chi connectivity index (χ4v) is 2.86. The van der Waals surface area contributed by atoms with Crippen LogP contribution >= 0.6 is 22.9 Å². The lowest BCUT2D eigenvalue weighted by molar-refractivity contribution is -0.139. The van der Waals surface area contributed by atoms with Gasteiger partial charge < -0.3 is 10.1 Å². The van der Waals surface area contributed by atoms with Crippen LogP contribution in [0.2, 0.25) is 5.02 Å². The molecule has 2 aromatic rings. The van der Waals surface area contributed by atoms with E-state index in [1.807, 2.05) is 36.4 Å². The number of carbonyl (C=O) groups excluding carboxylic acids is 1. The van der Waals surface area contributed by atoms with E-state index >= 15 is 0 Å². The summed E-state index contributed by atoms with van der Waals surface area (Å²) in [6, 6.07) is 11.8. The second-order valence-electron chi connectivity index (χ2n) is 4.35. The molecule has 0 amide bonds. The third-order valence-electron chi connectivity index (χ3n) is 2.81. The number of esters is 1. The average molecular weight is 310 g/mol. The van der Waals surface area contributed by atoms with E-state index in [4.69, 9.17) is 11.6 Å². The van der Waals surface area contributed by atoms with Crippen molar-refractivity contribution >= 4 is 28.9 Å². The first kappa shape index (κ1) is 15.0. The summed E-state index contributed by atoms with van der Waals surface area (Å²) in [5.74, 6) is -0.201. The van der Waals surface area contributed by atoms with Crippen molar-refractivity contribution < 1.29 is 9.53 Å². The normalized spacial score (nSPS) is 10.5. The highest BCUT2D eigenvalue weighted by molar-refractivity contribution is 7.12. The summed E-state index contributed by atoms with van der Waals surface area (Å²) in [5, 5.41) is 4.12. The molecule has 1 N–H and O–H groups in total. The molecule has 106 valence electrons. The number of nitrogens with one attached hydrogen (secondary N) is 1. The third kappa shape index (κ3) is 4.63. The van der Waals surface area contributed by atoms with Gasteiger partial charge in [-0.05, 0) is 29.8 Å². The van der Waals surface area contributed by atoms with Crippen LogP contribution in [0, 0.1) is 0 Å². The zero-order valence-corrected chi connectivity index (χ0v) is 12.8. The maximum absolute atomic E-state index is 11.2. The standard InChI is InChI=1S/C15H16ClNO2S/c1-19-15(18)8-13-6-7-14(20-13)10-17-9-11-2-4-12(16)5-3-11/h2-7,17H,8-10H2,1H3. The summed E-state index contributed by atoms with van der Waals surface area (Å²) >= 11 is 7.47. The number of halogens is 1. The van der Waals surface area contributed by atoms with Crippen LogP contribution in [0.25, 0.3) is 0 Å². The maximum atomic E-state index is 11.2.